The average molecular weight is 479 g/mol. The first kappa shape index (κ1) is 26.3. The zero-order chi connectivity index (χ0) is 24.6. The number of hydrogen-bond acceptors (Lipinski definition) is 4. The number of nitrogens with one attached hydrogen (secondary N) is 1. The Kier molecular flexibility index (Phi) is 9.36. The van der Waals surface area contributed by atoms with Crippen molar-refractivity contribution in [3.05, 3.63) is 66.0 Å². The highest BCUT2D eigenvalue weighted by Gasteiger charge is 2.33. The predicted octanol–water partition coefficient (Wildman–Crippen LogP) is 2.38. The number of carbonyl (C=O) groups is 2. The maximum absolute atomic E-state index is 13.5. The molecule has 0 saturated heterocycles. The van der Waals surface area contributed by atoms with Crippen LogP contribution in [0.4, 0.5) is 10.1 Å². The fourth-order valence-electron chi connectivity index (χ4n) is 3.32. The Bertz CT molecular complexity index is 1030. The van der Waals surface area contributed by atoms with Crippen molar-refractivity contribution >= 4 is 27.7 Å². The minimum absolute atomic E-state index is 0.134. The molecule has 0 aliphatic rings. The molecule has 0 spiro atoms. The fraction of sp³-hybridized carbons (Fsp3) is 0.391. The van der Waals surface area contributed by atoms with Crippen LogP contribution >= 0.6 is 0 Å². The van der Waals surface area contributed by atoms with Gasteiger partial charge in [0.25, 0.3) is 0 Å². The lowest BCUT2D eigenvalue weighted by molar-refractivity contribution is -0.140. The van der Waals surface area contributed by atoms with Gasteiger partial charge < -0.3 is 10.2 Å². The molecule has 180 valence electrons. The second kappa shape index (κ2) is 11.8. The van der Waals surface area contributed by atoms with Gasteiger partial charge in [0.05, 0.1) is 5.69 Å². The summed E-state index contributed by atoms with van der Waals surface area (Å²) in [5.41, 5.74) is 0.946. The SMILES string of the molecule is CCNC(=O)C(CC)N(Cc1ccccc1)C(=O)CN(c1ccc(F)cc1)S(=O)(=O)N(C)C. The van der Waals surface area contributed by atoms with E-state index >= 15 is 0 Å². The van der Waals surface area contributed by atoms with E-state index in [9.17, 15) is 22.4 Å². The third kappa shape index (κ3) is 6.75. The summed E-state index contributed by atoms with van der Waals surface area (Å²) in [6.45, 7) is 3.57. The second-order valence-electron chi connectivity index (χ2n) is 7.60. The Morgan fingerprint density at radius 1 is 1.00 bits per heavy atom. The molecule has 0 bridgehead atoms. The van der Waals surface area contributed by atoms with E-state index < -0.39 is 34.5 Å². The Hall–Kier alpha value is -2.98. The molecule has 10 heteroatoms. The fourth-order valence-corrected chi connectivity index (χ4v) is 4.37. The number of amides is 2. The summed E-state index contributed by atoms with van der Waals surface area (Å²) < 4.78 is 41.4. The van der Waals surface area contributed by atoms with Crippen molar-refractivity contribution in [1.29, 1.82) is 0 Å². The number of halogens is 1. The summed E-state index contributed by atoms with van der Waals surface area (Å²) in [6.07, 6.45) is 0.349. The standard InChI is InChI=1S/C23H31FN4O4S/c1-5-21(23(30)25-6-2)27(16-18-10-8-7-9-11-18)22(29)17-28(33(31,32)26(3)4)20-14-12-19(24)13-15-20/h7-15,21H,5-6,16-17H2,1-4H3,(H,25,30). The topological polar surface area (TPSA) is 90.0 Å². The van der Waals surface area contributed by atoms with Gasteiger partial charge in [0.2, 0.25) is 11.8 Å². The summed E-state index contributed by atoms with van der Waals surface area (Å²) >= 11 is 0. The summed E-state index contributed by atoms with van der Waals surface area (Å²) in [7, 11) is -1.38. The largest absolute Gasteiger partial charge is 0.355 e. The van der Waals surface area contributed by atoms with Gasteiger partial charge in [0, 0.05) is 27.2 Å². The van der Waals surface area contributed by atoms with Gasteiger partial charge in [-0.3, -0.25) is 9.59 Å². The van der Waals surface area contributed by atoms with Crippen molar-refractivity contribution in [3.63, 3.8) is 0 Å². The van der Waals surface area contributed by atoms with Gasteiger partial charge in [0.15, 0.2) is 0 Å². The van der Waals surface area contributed by atoms with Crippen molar-refractivity contribution in [1.82, 2.24) is 14.5 Å². The normalized spacial score (nSPS) is 12.3. The zero-order valence-corrected chi connectivity index (χ0v) is 20.2. The van der Waals surface area contributed by atoms with Crippen LogP contribution in [-0.2, 0) is 26.3 Å². The van der Waals surface area contributed by atoms with Crippen LogP contribution in [0.25, 0.3) is 0 Å². The van der Waals surface area contributed by atoms with Crippen LogP contribution in [0.2, 0.25) is 0 Å². The van der Waals surface area contributed by atoms with E-state index in [2.05, 4.69) is 5.32 Å². The number of rotatable bonds is 11. The van der Waals surface area contributed by atoms with Crippen LogP contribution in [0.3, 0.4) is 0 Å². The first-order chi connectivity index (χ1) is 15.6. The van der Waals surface area contributed by atoms with E-state index in [0.717, 1.165) is 26.3 Å². The van der Waals surface area contributed by atoms with Crippen molar-refractivity contribution in [2.45, 2.75) is 32.9 Å². The number of likely N-dealkylation sites (N-methyl/N-ethyl adjacent to an activating group) is 1. The van der Waals surface area contributed by atoms with E-state index in [0.29, 0.717) is 13.0 Å². The predicted molar refractivity (Wildman–Crippen MR) is 126 cm³/mol. The minimum Gasteiger partial charge on any atom is -0.355 e. The quantitative estimate of drug-likeness (QED) is 0.537. The summed E-state index contributed by atoms with van der Waals surface area (Å²) in [5, 5.41) is 2.74. The highest BCUT2D eigenvalue weighted by molar-refractivity contribution is 7.90. The lowest BCUT2D eigenvalue weighted by atomic mass is 10.1. The molecule has 0 aliphatic carbocycles. The molecule has 1 unspecified atom stereocenters. The van der Waals surface area contributed by atoms with Crippen LogP contribution in [0.1, 0.15) is 25.8 Å². The smallest absolute Gasteiger partial charge is 0.304 e. The maximum atomic E-state index is 13.5. The molecule has 0 fully saturated rings. The molecule has 0 radical (unpaired) electrons. The van der Waals surface area contributed by atoms with Crippen LogP contribution in [0.15, 0.2) is 54.6 Å². The average Bonchev–Trinajstić information content (AvgIpc) is 2.78. The molecule has 0 aromatic heterocycles. The molecule has 8 nitrogen and oxygen atoms in total. The van der Waals surface area contributed by atoms with Crippen LogP contribution in [-0.4, -0.2) is 62.7 Å². The van der Waals surface area contributed by atoms with Crippen LogP contribution in [0, 0.1) is 5.82 Å². The highest BCUT2D eigenvalue weighted by atomic mass is 32.2. The zero-order valence-electron chi connectivity index (χ0n) is 19.4. The molecular formula is C23H31FN4O4S. The van der Waals surface area contributed by atoms with Crippen molar-refractivity contribution in [2.24, 2.45) is 0 Å². The third-order valence-electron chi connectivity index (χ3n) is 5.07. The minimum atomic E-state index is -4.07. The Balaban J connectivity index is 2.46. The van der Waals surface area contributed by atoms with Crippen molar-refractivity contribution < 1.29 is 22.4 Å². The Morgan fingerprint density at radius 2 is 1.61 bits per heavy atom. The van der Waals surface area contributed by atoms with E-state index in [1.54, 1.807) is 13.8 Å². The van der Waals surface area contributed by atoms with Crippen LogP contribution < -0.4 is 9.62 Å². The lowest BCUT2D eigenvalue weighted by Gasteiger charge is -2.33. The van der Waals surface area contributed by atoms with Crippen LogP contribution in [0.5, 0.6) is 0 Å². The van der Waals surface area contributed by atoms with E-state index in [4.69, 9.17) is 0 Å². The number of nitrogens with zero attached hydrogens (tertiary/aromatic N) is 3. The van der Waals surface area contributed by atoms with Gasteiger partial charge in [-0.05, 0) is 43.2 Å². The lowest BCUT2D eigenvalue weighted by Crippen LogP contribution is -2.53. The first-order valence-corrected chi connectivity index (χ1v) is 12.1. The molecule has 2 aromatic rings. The molecule has 0 heterocycles. The summed E-state index contributed by atoms with van der Waals surface area (Å²) in [5.74, 6) is -1.39. The molecule has 0 saturated carbocycles. The van der Waals surface area contributed by atoms with Gasteiger partial charge in [-0.25, -0.2) is 8.70 Å². The molecular weight excluding hydrogens is 447 g/mol. The van der Waals surface area contributed by atoms with Gasteiger partial charge in [-0.15, -0.1) is 0 Å². The van der Waals surface area contributed by atoms with Gasteiger partial charge in [-0.2, -0.15) is 12.7 Å². The molecule has 1 N–H and O–H groups in total. The van der Waals surface area contributed by atoms with E-state index in [-0.39, 0.29) is 18.1 Å². The highest BCUT2D eigenvalue weighted by Crippen LogP contribution is 2.21. The summed E-state index contributed by atoms with van der Waals surface area (Å²) in [4.78, 5) is 27.6. The van der Waals surface area contributed by atoms with Gasteiger partial charge in [-0.1, -0.05) is 37.3 Å². The van der Waals surface area contributed by atoms with Gasteiger partial charge >= 0.3 is 10.2 Å². The Morgan fingerprint density at radius 3 is 2.12 bits per heavy atom. The molecule has 1 atom stereocenters. The number of anilines is 1. The number of carbonyl (C=O) groups excluding carboxylic acids is 2. The van der Waals surface area contributed by atoms with Crippen molar-refractivity contribution in [3.8, 4) is 0 Å². The molecule has 2 amide bonds. The second-order valence-corrected chi connectivity index (χ2v) is 9.67. The Labute approximate surface area is 195 Å². The monoisotopic (exact) mass is 478 g/mol. The number of hydrogen-bond donors (Lipinski definition) is 1. The summed E-state index contributed by atoms with van der Waals surface area (Å²) in [6, 6.07) is 13.2. The molecule has 2 aromatic carbocycles. The molecule has 0 aliphatic heterocycles. The maximum Gasteiger partial charge on any atom is 0.304 e. The number of benzene rings is 2. The van der Waals surface area contributed by atoms with Crippen molar-refractivity contribution in [2.75, 3.05) is 31.5 Å². The van der Waals surface area contributed by atoms with Gasteiger partial charge in [0.1, 0.15) is 18.4 Å². The molecule has 2 rings (SSSR count). The molecule has 33 heavy (non-hydrogen) atoms. The van der Waals surface area contributed by atoms with E-state index in [1.807, 2.05) is 30.3 Å². The first-order valence-electron chi connectivity index (χ1n) is 10.7. The third-order valence-corrected chi connectivity index (χ3v) is 6.89. The van der Waals surface area contributed by atoms with E-state index in [1.165, 1.54) is 31.1 Å².